The van der Waals surface area contributed by atoms with Gasteiger partial charge in [0.1, 0.15) is 0 Å². The van der Waals surface area contributed by atoms with Crippen molar-refractivity contribution in [3.05, 3.63) is 23.8 Å². The Hall–Kier alpha value is -0.960. The lowest BCUT2D eigenvalue weighted by atomic mass is 10.0. The molecule has 1 heterocycles. The van der Waals surface area contributed by atoms with Crippen LogP contribution in [-0.4, -0.2) is 46.0 Å². The highest BCUT2D eigenvalue weighted by Gasteiger charge is 2.34. The normalized spacial score (nSPS) is 24.4. The Labute approximate surface area is 132 Å². The topological polar surface area (TPSA) is 97.5 Å². The Morgan fingerprint density at radius 2 is 1.86 bits per heavy atom. The summed E-state index contributed by atoms with van der Waals surface area (Å²) < 4.78 is 50.6. The van der Waals surface area contributed by atoms with Crippen LogP contribution in [0.5, 0.6) is 0 Å². The van der Waals surface area contributed by atoms with Gasteiger partial charge in [-0.1, -0.05) is 6.07 Å². The maximum absolute atomic E-state index is 12.9. The Morgan fingerprint density at radius 3 is 2.41 bits per heavy atom. The SMILES string of the molecule is Cc1ccc(S(C)(=O)=O)cc1S(=O)(=O)N1CCC(N)CC1C. The highest BCUT2D eigenvalue weighted by molar-refractivity contribution is 7.91. The van der Waals surface area contributed by atoms with E-state index in [1.807, 2.05) is 6.92 Å². The maximum Gasteiger partial charge on any atom is 0.243 e. The molecule has 1 aromatic rings. The molecule has 1 aliphatic rings. The van der Waals surface area contributed by atoms with E-state index in [-0.39, 0.29) is 21.9 Å². The van der Waals surface area contributed by atoms with Crippen molar-refractivity contribution >= 4 is 19.9 Å². The summed E-state index contributed by atoms with van der Waals surface area (Å²) in [7, 11) is -7.19. The van der Waals surface area contributed by atoms with Crippen LogP contribution in [0.15, 0.2) is 28.0 Å². The van der Waals surface area contributed by atoms with Gasteiger partial charge in [-0.25, -0.2) is 16.8 Å². The van der Waals surface area contributed by atoms with E-state index in [4.69, 9.17) is 5.73 Å². The summed E-state index contributed by atoms with van der Waals surface area (Å²) in [6.07, 6.45) is 2.27. The summed E-state index contributed by atoms with van der Waals surface area (Å²) in [5.41, 5.74) is 6.42. The van der Waals surface area contributed by atoms with Crippen LogP contribution in [-0.2, 0) is 19.9 Å². The minimum Gasteiger partial charge on any atom is -0.328 e. The van der Waals surface area contributed by atoms with Gasteiger partial charge in [0.2, 0.25) is 10.0 Å². The number of aryl methyl sites for hydroxylation is 1. The number of nitrogens with two attached hydrogens (primary N) is 1. The van der Waals surface area contributed by atoms with Gasteiger partial charge in [0.05, 0.1) is 9.79 Å². The van der Waals surface area contributed by atoms with Gasteiger partial charge in [-0.05, 0) is 44.4 Å². The molecule has 124 valence electrons. The van der Waals surface area contributed by atoms with Crippen molar-refractivity contribution in [1.82, 2.24) is 4.31 Å². The van der Waals surface area contributed by atoms with Crippen molar-refractivity contribution in [3.63, 3.8) is 0 Å². The van der Waals surface area contributed by atoms with Crippen molar-refractivity contribution in [2.45, 2.75) is 48.6 Å². The van der Waals surface area contributed by atoms with Gasteiger partial charge < -0.3 is 5.73 Å². The van der Waals surface area contributed by atoms with E-state index in [2.05, 4.69) is 0 Å². The molecule has 0 saturated carbocycles. The third-order valence-electron chi connectivity index (χ3n) is 4.03. The zero-order valence-corrected chi connectivity index (χ0v) is 14.6. The summed E-state index contributed by atoms with van der Waals surface area (Å²) in [5.74, 6) is 0. The lowest BCUT2D eigenvalue weighted by Gasteiger charge is -2.35. The summed E-state index contributed by atoms with van der Waals surface area (Å²) in [4.78, 5) is 0.0655. The highest BCUT2D eigenvalue weighted by atomic mass is 32.2. The number of hydrogen-bond acceptors (Lipinski definition) is 5. The predicted octanol–water partition coefficient (Wildman–Crippen LogP) is 0.899. The third-order valence-corrected chi connectivity index (χ3v) is 7.30. The van der Waals surface area contributed by atoms with Crippen molar-refractivity contribution in [1.29, 1.82) is 0 Å². The minimum absolute atomic E-state index is 0.00454. The van der Waals surface area contributed by atoms with E-state index < -0.39 is 19.9 Å². The Balaban J connectivity index is 2.50. The maximum atomic E-state index is 12.9. The monoisotopic (exact) mass is 346 g/mol. The van der Waals surface area contributed by atoms with Crippen molar-refractivity contribution in [2.75, 3.05) is 12.8 Å². The quantitative estimate of drug-likeness (QED) is 0.877. The van der Waals surface area contributed by atoms with Crippen LogP contribution < -0.4 is 5.73 Å². The van der Waals surface area contributed by atoms with Gasteiger partial charge in [-0.3, -0.25) is 0 Å². The van der Waals surface area contributed by atoms with Crippen LogP contribution >= 0.6 is 0 Å². The second kappa shape index (κ2) is 5.92. The molecule has 2 unspecified atom stereocenters. The summed E-state index contributed by atoms with van der Waals surface area (Å²) in [5, 5.41) is 0. The molecule has 8 heteroatoms. The number of sulfonamides is 1. The third kappa shape index (κ3) is 3.34. The first-order valence-corrected chi connectivity index (χ1v) is 10.4. The molecule has 2 atom stereocenters. The standard InChI is InChI=1S/C14H22N2O4S2/c1-10-4-5-13(21(3,17)18)9-14(10)22(19,20)16-7-6-12(15)8-11(16)2/h4-5,9,11-12H,6-8,15H2,1-3H3. The molecule has 2 N–H and O–H groups in total. The summed E-state index contributed by atoms with van der Waals surface area (Å²) >= 11 is 0. The van der Waals surface area contributed by atoms with E-state index in [9.17, 15) is 16.8 Å². The minimum atomic E-state index is -3.73. The van der Waals surface area contributed by atoms with Gasteiger partial charge in [-0.2, -0.15) is 4.31 Å². The number of rotatable bonds is 3. The zero-order chi connectivity index (χ0) is 16.7. The average molecular weight is 346 g/mol. The smallest absolute Gasteiger partial charge is 0.243 e. The number of hydrogen-bond donors (Lipinski definition) is 1. The van der Waals surface area contributed by atoms with Crippen molar-refractivity contribution in [2.24, 2.45) is 5.73 Å². The molecule has 0 aliphatic carbocycles. The van der Waals surface area contributed by atoms with Crippen molar-refractivity contribution in [3.8, 4) is 0 Å². The molecule has 0 amide bonds. The van der Waals surface area contributed by atoms with Crippen molar-refractivity contribution < 1.29 is 16.8 Å². The van der Waals surface area contributed by atoms with E-state index in [1.54, 1.807) is 6.92 Å². The summed E-state index contributed by atoms with van der Waals surface area (Å²) in [6.45, 7) is 3.85. The lowest BCUT2D eigenvalue weighted by Crippen LogP contribution is -2.48. The molecule has 0 spiro atoms. The Kier molecular flexibility index (Phi) is 4.68. The van der Waals surface area contributed by atoms with E-state index in [0.717, 1.165) is 6.26 Å². The van der Waals surface area contributed by atoms with Gasteiger partial charge >= 0.3 is 0 Å². The predicted molar refractivity (Wildman–Crippen MR) is 84.9 cm³/mol. The second-order valence-electron chi connectivity index (χ2n) is 5.95. The first-order valence-electron chi connectivity index (χ1n) is 7.11. The molecular weight excluding hydrogens is 324 g/mol. The fraction of sp³-hybridized carbons (Fsp3) is 0.571. The molecule has 1 fully saturated rings. The largest absolute Gasteiger partial charge is 0.328 e. The molecule has 1 aromatic carbocycles. The summed E-state index contributed by atoms with van der Waals surface area (Å²) in [6, 6.07) is 4.02. The van der Waals surface area contributed by atoms with Crippen LogP contribution in [0.25, 0.3) is 0 Å². The average Bonchev–Trinajstić information content (AvgIpc) is 2.36. The van der Waals surface area contributed by atoms with Crippen LogP contribution in [0.2, 0.25) is 0 Å². The Bertz CT molecular complexity index is 772. The molecule has 1 saturated heterocycles. The molecule has 0 bridgehead atoms. The number of sulfone groups is 1. The molecule has 0 radical (unpaired) electrons. The molecule has 6 nitrogen and oxygen atoms in total. The van der Waals surface area contributed by atoms with Crippen LogP contribution in [0.3, 0.4) is 0 Å². The number of nitrogens with zero attached hydrogens (tertiary/aromatic N) is 1. The van der Waals surface area contributed by atoms with Crippen LogP contribution in [0, 0.1) is 6.92 Å². The van der Waals surface area contributed by atoms with Gasteiger partial charge in [0, 0.05) is 24.9 Å². The van der Waals surface area contributed by atoms with Crippen LogP contribution in [0.1, 0.15) is 25.3 Å². The second-order valence-corrected chi connectivity index (χ2v) is 9.82. The van der Waals surface area contributed by atoms with Crippen LogP contribution in [0.4, 0.5) is 0 Å². The number of piperidine rings is 1. The van der Waals surface area contributed by atoms with Gasteiger partial charge in [0.25, 0.3) is 0 Å². The highest BCUT2D eigenvalue weighted by Crippen LogP contribution is 2.28. The molecule has 1 aliphatic heterocycles. The fourth-order valence-corrected chi connectivity index (χ4v) is 5.39. The first kappa shape index (κ1) is 17.4. The molecule has 0 aromatic heterocycles. The molecule has 22 heavy (non-hydrogen) atoms. The number of benzene rings is 1. The molecular formula is C14H22N2O4S2. The first-order chi connectivity index (χ1) is 10.0. The van der Waals surface area contributed by atoms with Gasteiger partial charge in [0.15, 0.2) is 9.84 Å². The molecule has 2 rings (SSSR count). The van der Waals surface area contributed by atoms with E-state index in [1.165, 1.54) is 22.5 Å². The zero-order valence-electron chi connectivity index (χ0n) is 13.0. The fourth-order valence-electron chi connectivity index (χ4n) is 2.76. The lowest BCUT2D eigenvalue weighted by molar-refractivity contribution is 0.247. The van der Waals surface area contributed by atoms with E-state index in [0.29, 0.717) is 24.9 Å². The Morgan fingerprint density at radius 1 is 1.23 bits per heavy atom. The van der Waals surface area contributed by atoms with E-state index >= 15 is 0 Å². The van der Waals surface area contributed by atoms with Gasteiger partial charge in [-0.15, -0.1) is 0 Å².